The third-order valence-corrected chi connectivity index (χ3v) is 2.17. The fraction of sp³-hybridized carbons (Fsp3) is 0.700. The molecule has 1 N–H and O–H groups in total. The van der Waals surface area contributed by atoms with Gasteiger partial charge in [-0.15, -0.1) is 4.98 Å². The lowest BCUT2D eigenvalue weighted by Crippen LogP contribution is -2.24. The molecule has 0 spiro atoms. The van der Waals surface area contributed by atoms with Gasteiger partial charge in [-0.1, -0.05) is 0 Å². The number of rotatable bonds is 6. The van der Waals surface area contributed by atoms with E-state index in [9.17, 15) is 5.11 Å². The van der Waals surface area contributed by atoms with Crippen LogP contribution in [0.15, 0.2) is 0 Å². The zero-order chi connectivity index (χ0) is 12.8. The number of hydrogen-bond donors (Lipinski definition) is 1. The lowest BCUT2D eigenvalue weighted by Gasteiger charge is -2.18. The van der Waals surface area contributed by atoms with Crippen LogP contribution in [0.5, 0.6) is 12.0 Å². The molecular formula is C10H18N4O3. The lowest BCUT2D eigenvalue weighted by molar-refractivity contribution is 0.186. The Bertz CT molecular complexity index is 337. The minimum Gasteiger partial charge on any atom is -0.467 e. The molecule has 1 aromatic heterocycles. The molecule has 1 rings (SSSR count). The molecule has 1 aromatic rings. The van der Waals surface area contributed by atoms with E-state index in [0.717, 1.165) is 0 Å². The number of anilines is 1. The molecule has 7 heteroatoms. The predicted molar refractivity (Wildman–Crippen MR) is 62.5 cm³/mol. The summed E-state index contributed by atoms with van der Waals surface area (Å²) in [7, 11) is 4.79. The van der Waals surface area contributed by atoms with Crippen molar-refractivity contribution in [1.82, 2.24) is 15.0 Å². The van der Waals surface area contributed by atoms with Gasteiger partial charge in [0.25, 0.3) is 0 Å². The topological polar surface area (TPSA) is 80.6 Å². The molecule has 0 aromatic carbocycles. The first-order chi connectivity index (χ1) is 8.06. The Kier molecular flexibility index (Phi) is 4.89. The molecule has 0 fully saturated rings. The normalized spacial score (nSPS) is 12.1. The molecule has 96 valence electrons. The van der Waals surface area contributed by atoms with Crippen molar-refractivity contribution in [1.29, 1.82) is 0 Å². The van der Waals surface area contributed by atoms with Gasteiger partial charge in [-0.25, -0.2) is 0 Å². The summed E-state index contributed by atoms with van der Waals surface area (Å²) >= 11 is 0. The molecule has 0 aliphatic carbocycles. The number of aliphatic hydroxyl groups is 1. The average Bonchev–Trinajstić information content (AvgIpc) is 2.34. The zero-order valence-corrected chi connectivity index (χ0v) is 10.5. The molecular weight excluding hydrogens is 224 g/mol. The van der Waals surface area contributed by atoms with Crippen LogP contribution in [0.2, 0.25) is 0 Å². The van der Waals surface area contributed by atoms with E-state index < -0.39 is 0 Å². The Balaban J connectivity index is 2.80. The fourth-order valence-electron chi connectivity index (χ4n) is 1.16. The molecule has 1 heterocycles. The summed E-state index contributed by atoms with van der Waals surface area (Å²) in [5, 5.41) is 9.22. The summed E-state index contributed by atoms with van der Waals surface area (Å²) in [4.78, 5) is 13.9. The molecule has 0 bridgehead atoms. The van der Waals surface area contributed by atoms with Crippen molar-refractivity contribution in [3.05, 3.63) is 0 Å². The number of nitrogens with zero attached hydrogens (tertiary/aromatic N) is 4. The zero-order valence-electron chi connectivity index (χ0n) is 10.5. The molecule has 1 unspecified atom stereocenters. The van der Waals surface area contributed by atoms with Gasteiger partial charge < -0.3 is 19.5 Å². The van der Waals surface area contributed by atoms with E-state index in [0.29, 0.717) is 18.9 Å². The second-order valence-corrected chi connectivity index (χ2v) is 3.67. The fourth-order valence-corrected chi connectivity index (χ4v) is 1.16. The minimum absolute atomic E-state index is 0.204. The molecule has 7 nitrogen and oxygen atoms in total. The van der Waals surface area contributed by atoms with Crippen LogP contribution in [0.3, 0.4) is 0 Å². The van der Waals surface area contributed by atoms with Crippen LogP contribution in [0, 0.1) is 0 Å². The van der Waals surface area contributed by atoms with Gasteiger partial charge in [0.1, 0.15) is 0 Å². The summed E-state index contributed by atoms with van der Waals surface area (Å²) in [5.74, 6) is 0.453. The Morgan fingerprint density at radius 2 is 1.71 bits per heavy atom. The van der Waals surface area contributed by atoms with E-state index in [1.54, 1.807) is 11.8 Å². The monoisotopic (exact) mass is 242 g/mol. The highest BCUT2D eigenvalue weighted by molar-refractivity contribution is 5.30. The van der Waals surface area contributed by atoms with Crippen molar-refractivity contribution >= 4 is 5.95 Å². The summed E-state index contributed by atoms with van der Waals surface area (Å²) < 4.78 is 9.91. The summed E-state index contributed by atoms with van der Waals surface area (Å²) in [6, 6.07) is 0.409. The Morgan fingerprint density at radius 1 is 1.18 bits per heavy atom. The molecule has 0 aliphatic heterocycles. The van der Waals surface area contributed by atoms with Gasteiger partial charge in [0.05, 0.1) is 20.3 Å². The summed E-state index contributed by atoms with van der Waals surface area (Å²) in [6.45, 7) is 2.37. The first-order valence-corrected chi connectivity index (χ1v) is 5.30. The lowest BCUT2D eigenvalue weighted by atomic mass is 10.3. The first kappa shape index (κ1) is 13.4. The number of ether oxygens (including phenoxy) is 2. The third kappa shape index (κ3) is 4.03. The first-order valence-electron chi connectivity index (χ1n) is 5.30. The van der Waals surface area contributed by atoms with Gasteiger partial charge >= 0.3 is 12.0 Å². The van der Waals surface area contributed by atoms with Crippen LogP contribution in [-0.4, -0.2) is 54.0 Å². The van der Waals surface area contributed by atoms with Crippen molar-refractivity contribution in [3.63, 3.8) is 0 Å². The summed E-state index contributed by atoms with van der Waals surface area (Å²) in [6.07, 6.45) is 0.273. The second kappa shape index (κ2) is 6.19. The van der Waals surface area contributed by atoms with Crippen molar-refractivity contribution in [2.45, 2.75) is 19.4 Å². The Hall–Kier alpha value is -1.63. The van der Waals surface area contributed by atoms with Crippen LogP contribution < -0.4 is 14.4 Å². The van der Waals surface area contributed by atoms with E-state index in [2.05, 4.69) is 15.0 Å². The largest absolute Gasteiger partial charge is 0.467 e. The van der Waals surface area contributed by atoms with Gasteiger partial charge in [0.15, 0.2) is 0 Å². The average molecular weight is 242 g/mol. The van der Waals surface area contributed by atoms with Crippen LogP contribution in [-0.2, 0) is 0 Å². The third-order valence-electron chi connectivity index (χ3n) is 2.17. The number of aliphatic hydroxyl groups excluding tert-OH is 1. The number of methoxy groups -OCH3 is 2. The van der Waals surface area contributed by atoms with Gasteiger partial charge in [-0.3, -0.25) is 0 Å². The quantitative estimate of drug-likeness (QED) is 0.757. The molecule has 1 atom stereocenters. The standard InChI is InChI=1S/C10H18N4O3/c1-7(15)5-6-14(2)8-11-9(16-3)13-10(12-8)17-4/h7,15H,5-6H2,1-4H3. The highest BCUT2D eigenvalue weighted by Crippen LogP contribution is 2.15. The van der Waals surface area contributed by atoms with Crippen molar-refractivity contribution in [2.24, 2.45) is 0 Å². The molecule has 17 heavy (non-hydrogen) atoms. The van der Waals surface area contributed by atoms with Gasteiger partial charge in [-0.05, 0) is 13.3 Å². The minimum atomic E-state index is -0.358. The van der Waals surface area contributed by atoms with E-state index in [1.807, 2.05) is 7.05 Å². The molecule has 0 amide bonds. The molecule has 0 radical (unpaired) electrons. The second-order valence-electron chi connectivity index (χ2n) is 3.67. The maximum atomic E-state index is 9.22. The van der Waals surface area contributed by atoms with Crippen LogP contribution in [0.4, 0.5) is 5.95 Å². The maximum Gasteiger partial charge on any atom is 0.324 e. The van der Waals surface area contributed by atoms with Crippen LogP contribution >= 0.6 is 0 Å². The van der Waals surface area contributed by atoms with E-state index >= 15 is 0 Å². The SMILES string of the molecule is COc1nc(OC)nc(N(C)CCC(C)O)n1. The smallest absolute Gasteiger partial charge is 0.324 e. The van der Waals surface area contributed by atoms with Gasteiger partial charge in [0, 0.05) is 13.6 Å². The van der Waals surface area contributed by atoms with E-state index in [4.69, 9.17) is 9.47 Å². The van der Waals surface area contributed by atoms with Crippen molar-refractivity contribution in [2.75, 3.05) is 32.7 Å². The van der Waals surface area contributed by atoms with Crippen molar-refractivity contribution in [3.8, 4) is 12.0 Å². The van der Waals surface area contributed by atoms with E-state index in [-0.39, 0.29) is 18.1 Å². The molecule has 0 aliphatic rings. The Morgan fingerprint density at radius 3 is 2.12 bits per heavy atom. The van der Waals surface area contributed by atoms with Gasteiger partial charge in [-0.2, -0.15) is 9.97 Å². The van der Waals surface area contributed by atoms with Crippen molar-refractivity contribution < 1.29 is 14.6 Å². The predicted octanol–water partition coefficient (Wildman–Crippen LogP) is 0.0959. The van der Waals surface area contributed by atoms with Crippen LogP contribution in [0.25, 0.3) is 0 Å². The highest BCUT2D eigenvalue weighted by atomic mass is 16.5. The number of aromatic nitrogens is 3. The van der Waals surface area contributed by atoms with Crippen LogP contribution in [0.1, 0.15) is 13.3 Å². The maximum absolute atomic E-state index is 9.22. The van der Waals surface area contributed by atoms with Gasteiger partial charge in [0.2, 0.25) is 5.95 Å². The Labute approximate surface area is 100 Å². The highest BCUT2D eigenvalue weighted by Gasteiger charge is 2.11. The molecule has 0 saturated carbocycles. The number of hydrogen-bond acceptors (Lipinski definition) is 7. The molecule has 0 saturated heterocycles. The van der Waals surface area contributed by atoms with E-state index in [1.165, 1.54) is 14.2 Å². The summed E-state index contributed by atoms with van der Waals surface area (Å²) in [5.41, 5.74) is 0.